The minimum Gasteiger partial charge on any atom is -0.378 e. The first-order chi connectivity index (χ1) is 17.6. The van der Waals surface area contributed by atoms with Gasteiger partial charge < -0.3 is 10.4 Å². The normalized spacial score (nSPS) is 12.2. The third kappa shape index (κ3) is 4.47. The lowest BCUT2D eigenvalue weighted by atomic mass is 9.78. The molecule has 9 heteroatoms. The predicted octanol–water partition coefficient (Wildman–Crippen LogP) is 3.81. The van der Waals surface area contributed by atoms with Crippen LogP contribution in [0.25, 0.3) is 11.4 Å². The molecule has 0 saturated carbocycles. The van der Waals surface area contributed by atoms with Crippen LogP contribution in [0.3, 0.4) is 0 Å². The molecule has 1 aromatic carbocycles. The van der Waals surface area contributed by atoms with E-state index in [9.17, 15) is 14.3 Å². The lowest BCUT2D eigenvalue weighted by Crippen LogP contribution is -2.45. The Kier molecular flexibility index (Phi) is 6.29. The van der Waals surface area contributed by atoms with Crippen LogP contribution in [-0.4, -0.2) is 36.2 Å². The first-order valence-electron chi connectivity index (χ1n) is 11.1. The van der Waals surface area contributed by atoms with Crippen molar-refractivity contribution < 1.29 is 14.3 Å². The molecule has 0 aliphatic heterocycles. The third-order valence-corrected chi connectivity index (χ3v) is 5.85. The number of rotatable bonds is 7. The number of carbonyl (C=O) groups excluding carboxylic acids is 1. The monoisotopic (exact) mass is 480 g/mol. The van der Waals surface area contributed by atoms with Gasteiger partial charge in [-0.3, -0.25) is 24.8 Å². The summed E-state index contributed by atoms with van der Waals surface area (Å²) in [6.07, 6.45) is 7.84. The van der Waals surface area contributed by atoms with Crippen LogP contribution < -0.4 is 5.32 Å². The Bertz CT molecular complexity index is 1400. The molecule has 0 bridgehead atoms. The SMILES string of the molecule is O=C(N[C@H](c1ccc(F)cc1)C(O)(c1cccnc1)c1cccnc1)c1cc(-c2ccccn2)n[nH]1. The number of aromatic amines is 1. The molecule has 178 valence electrons. The van der Waals surface area contributed by atoms with E-state index in [-0.39, 0.29) is 5.69 Å². The topological polar surface area (TPSA) is 117 Å². The fourth-order valence-electron chi connectivity index (χ4n) is 4.05. The molecule has 8 nitrogen and oxygen atoms in total. The summed E-state index contributed by atoms with van der Waals surface area (Å²) in [5, 5.41) is 22.1. The average molecular weight is 481 g/mol. The van der Waals surface area contributed by atoms with E-state index in [2.05, 4.69) is 30.5 Å². The van der Waals surface area contributed by atoms with Gasteiger partial charge >= 0.3 is 0 Å². The van der Waals surface area contributed by atoms with Crippen LogP contribution in [0, 0.1) is 5.82 Å². The Balaban J connectivity index is 1.59. The highest BCUT2D eigenvalue weighted by Crippen LogP contribution is 2.41. The molecule has 4 aromatic heterocycles. The Labute approximate surface area is 205 Å². The molecule has 5 rings (SSSR count). The van der Waals surface area contributed by atoms with Crippen LogP contribution in [0.5, 0.6) is 0 Å². The summed E-state index contributed by atoms with van der Waals surface area (Å²) in [6.45, 7) is 0. The van der Waals surface area contributed by atoms with Crippen LogP contribution in [0.4, 0.5) is 4.39 Å². The van der Waals surface area contributed by atoms with Gasteiger partial charge in [-0.1, -0.05) is 30.3 Å². The van der Waals surface area contributed by atoms with E-state index < -0.39 is 23.4 Å². The van der Waals surface area contributed by atoms with Gasteiger partial charge in [0.1, 0.15) is 22.8 Å². The summed E-state index contributed by atoms with van der Waals surface area (Å²) >= 11 is 0. The van der Waals surface area contributed by atoms with E-state index in [1.54, 1.807) is 61.1 Å². The van der Waals surface area contributed by atoms with Gasteiger partial charge in [-0.05, 0) is 48.0 Å². The van der Waals surface area contributed by atoms with Gasteiger partial charge in [0.2, 0.25) is 0 Å². The minimum absolute atomic E-state index is 0.169. The summed E-state index contributed by atoms with van der Waals surface area (Å²) in [5.74, 6) is -0.964. The van der Waals surface area contributed by atoms with Crippen molar-refractivity contribution in [2.24, 2.45) is 0 Å². The minimum atomic E-state index is -1.79. The summed E-state index contributed by atoms with van der Waals surface area (Å²) in [4.78, 5) is 26.0. The smallest absolute Gasteiger partial charge is 0.269 e. The Morgan fingerprint density at radius 1 is 0.889 bits per heavy atom. The standard InChI is InChI=1S/C27H21FN6O2/c28-21-10-8-18(9-11-21)25(27(36,19-5-3-12-29-16-19)20-6-4-13-30-17-20)32-26(35)24-15-23(33-34-24)22-7-1-2-14-31-22/h1-17,25,36H,(H,32,35)(H,33,34)/t25-/m1/s1. The number of pyridine rings is 3. The van der Waals surface area contributed by atoms with Crippen molar-refractivity contribution in [3.8, 4) is 11.4 Å². The quantitative estimate of drug-likeness (QED) is 0.326. The molecule has 1 atom stereocenters. The second kappa shape index (κ2) is 9.85. The van der Waals surface area contributed by atoms with Crippen molar-refractivity contribution in [2.75, 3.05) is 0 Å². The largest absolute Gasteiger partial charge is 0.378 e. The maximum Gasteiger partial charge on any atom is 0.269 e. The molecule has 0 spiro atoms. The van der Waals surface area contributed by atoms with Gasteiger partial charge in [0.05, 0.1) is 11.7 Å². The zero-order chi connectivity index (χ0) is 25.0. The van der Waals surface area contributed by atoms with Gasteiger partial charge in [0, 0.05) is 42.1 Å². The second-order valence-corrected chi connectivity index (χ2v) is 8.09. The third-order valence-electron chi connectivity index (χ3n) is 5.85. The molecule has 0 aliphatic carbocycles. The average Bonchev–Trinajstić information content (AvgIpc) is 3.44. The van der Waals surface area contributed by atoms with Crippen LogP contribution in [0.15, 0.2) is 104 Å². The molecule has 5 aromatic rings. The van der Waals surface area contributed by atoms with Crippen LogP contribution in [0.1, 0.15) is 33.2 Å². The highest BCUT2D eigenvalue weighted by molar-refractivity contribution is 5.93. The van der Waals surface area contributed by atoms with Crippen LogP contribution in [-0.2, 0) is 5.60 Å². The van der Waals surface area contributed by atoms with Crippen molar-refractivity contribution in [1.82, 2.24) is 30.5 Å². The van der Waals surface area contributed by atoms with Gasteiger partial charge in [-0.25, -0.2) is 4.39 Å². The van der Waals surface area contributed by atoms with Gasteiger partial charge in [0.25, 0.3) is 5.91 Å². The first kappa shape index (κ1) is 23.0. The van der Waals surface area contributed by atoms with E-state index in [0.717, 1.165) is 0 Å². The summed E-state index contributed by atoms with van der Waals surface area (Å²) < 4.78 is 13.8. The van der Waals surface area contributed by atoms with E-state index in [4.69, 9.17) is 0 Å². The van der Waals surface area contributed by atoms with Crippen molar-refractivity contribution in [2.45, 2.75) is 11.6 Å². The van der Waals surface area contributed by atoms with E-state index in [1.165, 1.54) is 36.7 Å². The molecule has 3 N–H and O–H groups in total. The van der Waals surface area contributed by atoms with E-state index in [0.29, 0.717) is 28.1 Å². The number of benzene rings is 1. The Morgan fingerprint density at radius 2 is 1.58 bits per heavy atom. The highest BCUT2D eigenvalue weighted by atomic mass is 19.1. The molecule has 36 heavy (non-hydrogen) atoms. The summed E-state index contributed by atoms with van der Waals surface area (Å²) in [7, 11) is 0. The highest BCUT2D eigenvalue weighted by Gasteiger charge is 2.43. The van der Waals surface area contributed by atoms with Gasteiger partial charge in [-0.2, -0.15) is 5.10 Å². The van der Waals surface area contributed by atoms with E-state index >= 15 is 0 Å². The molecular weight excluding hydrogens is 459 g/mol. The number of hydrogen-bond acceptors (Lipinski definition) is 6. The maximum atomic E-state index is 13.8. The number of nitrogens with one attached hydrogen (secondary N) is 2. The van der Waals surface area contributed by atoms with Crippen LogP contribution in [0.2, 0.25) is 0 Å². The summed E-state index contributed by atoms with van der Waals surface area (Å²) in [5.41, 5.74) is 0.795. The molecule has 4 heterocycles. The van der Waals surface area contributed by atoms with E-state index in [1.807, 2.05) is 6.07 Å². The maximum absolute atomic E-state index is 13.8. The summed E-state index contributed by atoms with van der Waals surface area (Å²) in [6, 6.07) is 18.3. The van der Waals surface area contributed by atoms with Crippen molar-refractivity contribution in [1.29, 1.82) is 0 Å². The number of amides is 1. The van der Waals surface area contributed by atoms with Gasteiger partial charge in [0.15, 0.2) is 0 Å². The number of hydrogen-bond donors (Lipinski definition) is 3. The lowest BCUT2D eigenvalue weighted by Gasteiger charge is -2.37. The number of carbonyl (C=O) groups is 1. The molecule has 1 amide bonds. The molecular formula is C27H21FN6O2. The van der Waals surface area contributed by atoms with Crippen molar-refractivity contribution in [3.63, 3.8) is 0 Å². The second-order valence-electron chi connectivity index (χ2n) is 8.09. The zero-order valence-corrected chi connectivity index (χ0v) is 18.9. The fourth-order valence-corrected chi connectivity index (χ4v) is 4.05. The fraction of sp³-hybridized carbons (Fsp3) is 0.0741. The molecule has 0 saturated heterocycles. The number of nitrogens with zero attached hydrogens (tertiary/aromatic N) is 4. The predicted molar refractivity (Wildman–Crippen MR) is 130 cm³/mol. The van der Waals surface area contributed by atoms with Crippen molar-refractivity contribution >= 4 is 5.91 Å². The Morgan fingerprint density at radius 3 is 2.17 bits per heavy atom. The zero-order valence-electron chi connectivity index (χ0n) is 18.9. The van der Waals surface area contributed by atoms with Crippen LogP contribution >= 0.6 is 0 Å². The van der Waals surface area contributed by atoms with Crippen molar-refractivity contribution in [3.05, 3.63) is 132 Å². The molecule has 0 aliphatic rings. The molecule has 0 radical (unpaired) electrons. The molecule has 0 unspecified atom stereocenters. The Hall–Kier alpha value is -4.76. The number of H-pyrrole nitrogens is 1. The number of aliphatic hydroxyl groups is 1. The first-order valence-corrected chi connectivity index (χ1v) is 11.1. The lowest BCUT2D eigenvalue weighted by molar-refractivity contribution is 0.0330. The number of halogens is 1. The number of aromatic nitrogens is 5. The van der Waals surface area contributed by atoms with Gasteiger partial charge in [-0.15, -0.1) is 0 Å². The molecule has 0 fully saturated rings.